The minimum atomic E-state index is -0.371. The number of rotatable bonds is 5. The van der Waals surface area contributed by atoms with E-state index in [0.717, 1.165) is 18.0 Å². The van der Waals surface area contributed by atoms with E-state index >= 15 is 0 Å². The Bertz CT molecular complexity index is 303. The molecule has 2 nitrogen and oxygen atoms in total. The van der Waals surface area contributed by atoms with Crippen LogP contribution in [0.4, 0.5) is 0 Å². The maximum absolute atomic E-state index is 9.88. The molecule has 1 atom stereocenters. The lowest BCUT2D eigenvalue weighted by molar-refractivity contribution is 0.174. The number of nitrogens with one attached hydrogen (secondary N) is 1. The maximum atomic E-state index is 9.88. The average Bonchev–Trinajstić information content (AvgIpc) is 3.02. The molecule has 1 unspecified atom stereocenters. The maximum Gasteiger partial charge on any atom is 0.0914 e. The first kappa shape index (κ1) is 10.7. The zero-order valence-electron chi connectivity index (χ0n) is 9.24. The highest BCUT2D eigenvalue weighted by atomic mass is 16.3. The Morgan fingerprint density at radius 3 is 2.60 bits per heavy atom. The van der Waals surface area contributed by atoms with Gasteiger partial charge in [0.1, 0.15) is 0 Å². The van der Waals surface area contributed by atoms with Crippen LogP contribution in [-0.4, -0.2) is 18.2 Å². The summed E-state index contributed by atoms with van der Waals surface area (Å²) in [5.74, 6) is 0.871. The van der Waals surface area contributed by atoms with Crippen LogP contribution in [-0.2, 0) is 0 Å². The fourth-order valence-electron chi connectivity index (χ4n) is 1.65. The molecule has 0 bridgehead atoms. The van der Waals surface area contributed by atoms with E-state index in [9.17, 15) is 5.11 Å². The molecule has 1 saturated carbocycles. The Morgan fingerprint density at radius 1 is 1.33 bits per heavy atom. The van der Waals surface area contributed by atoms with E-state index in [-0.39, 0.29) is 6.10 Å². The Kier molecular flexibility index (Phi) is 3.39. The van der Waals surface area contributed by atoms with Crippen LogP contribution >= 0.6 is 0 Å². The molecule has 0 aliphatic heterocycles. The smallest absolute Gasteiger partial charge is 0.0914 e. The summed E-state index contributed by atoms with van der Waals surface area (Å²) < 4.78 is 0. The van der Waals surface area contributed by atoms with Crippen LogP contribution in [0.1, 0.15) is 30.1 Å². The first-order valence-electron chi connectivity index (χ1n) is 5.71. The van der Waals surface area contributed by atoms with Gasteiger partial charge < -0.3 is 10.4 Å². The number of hydrogen-bond acceptors (Lipinski definition) is 2. The van der Waals surface area contributed by atoms with Crippen LogP contribution < -0.4 is 5.32 Å². The third-order valence-electron chi connectivity index (χ3n) is 2.93. The van der Waals surface area contributed by atoms with Crippen molar-refractivity contribution in [3.63, 3.8) is 0 Å². The van der Waals surface area contributed by atoms with Crippen LogP contribution in [0.2, 0.25) is 0 Å². The molecule has 0 spiro atoms. The molecule has 0 aromatic heterocycles. The normalized spacial score (nSPS) is 17.7. The molecule has 1 aromatic carbocycles. The number of aliphatic hydroxyl groups excluding tert-OH is 1. The number of hydrogen-bond donors (Lipinski definition) is 2. The molecule has 1 aromatic rings. The van der Waals surface area contributed by atoms with Crippen molar-refractivity contribution in [3.8, 4) is 0 Å². The summed E-state index contributed by atoms with van der Waals surface area (Å²) in [6.45, 7) is 3.78. The van der Waals surface area contributed by atoms with E-state index < -0.39 is 0 Å². The third-order valence-corrected chi connectivity index (χ3v) is 2.93. The molecule has 15 heavy (non-hydrogen) atoms. The van der Waals surface area contributed by atoms with Crippen molar-refractivity contribution in [1.82, 2.24) is 5.32 Å². The summed E-state index contributed by atoms with van der Waals surface area (Å²) in [6, 6.07) is 8.08. The molecule has 2 N–H and O–H groups in total. The van der Waals surface area contributed by atoms with Gasteiger partial charge in [-0.2, -0.15) is 0 Å². The van der Waals surface area contributed by atoms with Crippen LogP contribution in [0, 0.1) is 12.8 Å². The molecule has 0 amide bonds. The fourth-order valence-corrected chi connectivity index (χ4v) is 1.65. The third kappa shape index (κ3) is 3.33. The highest BCUT2D eigenvalue weighted by molar-refractivity contribution is 5.23. The second-order valence-corrected chi connectivity index (χ2v) is 4.53. The lowest BCUT2D eigenvalue weighted by atomic mass is 10.1. The quantitative estimate of drug-likeness (QED) is 0.771. The van der Waals surface area contributed by atoms with Gasteiger partial charge in [0, 0.05) is 6.54 Å². The van der Waals surface area contributed by atoms with Gasteiger partial charge in [-0.1, -0.05) is 29.8 Å². The first-order valence-corrected chi connectivity index (χ1v) is 5.71. The van der Waals surface area contributed by atoms with Crippen LogP contribution in [0.3, 0.4) is 0 Å². The summed E-state index contributed by atoms with van der Waals surface area (Å²) in [6.07, 6.45) is 2.34. The van der Waals surface area contributed by atoms with E-state index in [1.54, 1.807) is 0 Å². The van der Waals surface area contributed by atoms with Crippen molar-refractivity contribution in [1.29, 1.82) is 0 Å². The van der Waals surface area contributed by atoms with Gasteiger partial charge in [0.15, 0.2) is 0 Å². The summed E-state index contributed by atoms with van der Waals surface area (Å²) in [5.41, 5.74) is 2.24. The molecule has 0 heterocycles. The van der Waals surface area contributed by atoms with Gasteiger partial charge in [-0.15, -0.1) is 0 Å². The molecule has 1 aliphatic carbocycles. The molecule has 1 fully saturated rings. The van der Waals surface area contributed by atoms with E-state index in [0.29, 0.717) is 6.54 Å². The standard InChI is InChI=1S/C13H19NO/c1-10-2-6-12(7-3-10)13(15)9-14-8-11-4-5-11/h2-3,6-7,11,13-15H,4-5,8-9H2,1H3. The molecule has 0 radical (unpaired) electrons. The number of benzene rings is 1. The number of aliphatic hydroxyl groups is 1. The number of aryl methyl sites for hydroxylation is 1. The van der Waals surface area contributed by atoms with E-state index in [4.69, 9.17) is 0 Å². The van der Waals surface area contributed by atoms with Crippen molar-refractivity contribution in [3.05, 3.63) is 35.4 Å². The highest BCUT2D eigenvalue weighted by Gasteiger charge is 2.20. The predicted octanol–water partition coefficient (Wildman–Crippen LogP) is 2.03. The van der Waals surface area contributed by atoms with Gasteiger partial charge in [0.2, 0.25) is 0 Å². The zero-order valence-corrected chi connectivity index (χ0v) is 9.24. The van der Waals surface area contributed by atoms with Gasteiger partial charge in [0.05, 0.1) is 6.10 Å². The lowest BCUT2D eigenvalue weighted by Gasteiger charge is -2.12. The van der Waals surface area contributed by atoms with Gasteiger partial charge in [0.25, 0.3) is 0 Å². The van der Waals surface area contributed by atoms with Gasteiger partial charge in [-0.3, -0.25) is 0 Å². The van der Waals surface area contributed by atoms with Gasteiger partial charge >= 0.3 is 0 Å². The summed E-state index contributed by atoms with van der Waals surface area (Å²) in [5, 5.41) is 13.2. The highest BCUT2D eigenvalue weighted by Crippen LogP contribution is 2.27. The second kappa shape index (κ2) is 4.77. The Morgan fingerprint density at radius 2 is 2.00 bits per heavy atom. The van der Waals surface area contributed by atoms with Crippen LogP contribution in [0.25, 0.3) is 0 Å². The van der Waals surface area contributed by atoms with Crippen molar-refractivity contribution in [2.45, 2.75) is 25.9 Å². The monoisotopic (exact) mass is 205 g/mol. The summed E-state index contributed by atoms with van der Waals surface area (Å²) in [7, 11) is 0. The fraction of sp³-hybridized carbons (Fsp3) is 0.538. The molecular weight excluding hydrogens is 186 g/mol. The SMILES string of the molecule is Cc1ccc(C(O)CNCC2CC2)cc1. The summed E-state index contributed by atoms with van der Waals surface area (Å²) >= 11 is 0. The molecule has 1 aliphatic rings. The Balaban J connectivity index is 1.78. The molecule has 2 rings (SSSR count). The first-order chi connectivity index (χ1) is 7.25. The summed E-state index contributed by atoms with van der Waals surface area (Å²) in [4.78, 5) is 0. The molecule has 82 valence electrons. The van der Waals surface area contributed by atoms with E-state index in [1.165, 1.54) is 18.4 Å². The molecular formula is C13H19NO. The van der Waals surface area contributed by atoms with Crippen molar-refractivity contribution >= 4 is 0 Å². The van der Waals surface area contributed by atoms with Gasteiger partial charge in [-0.05, 0) is 37.8 Å². The largest absolute Gasteiger partial charge is 0.387 e. The average molecular weight is 205 g/mol. The molecule has 2 heteroatoms. The Hall–Kier alpha value is -0.860. The van der Waals surface area contributed by atoms with Crippen LogP contribution in [0.15, 0.2) is 24.3 Å². The zero-order chi connectivity index (χ0) is 10.7. The van der Waals surface area contributed by atoms with Gasteiger partial charge in [-0.25, -0.2) is 0 Å². The van der Waals surface area contributed by atoms with E-state index in [1.807, 2.05) is 24.3 Å². The van der Waals surface area contributed by atoms with Crippen molar-refractivity contribution in [2.24, 2.45) is 5.92 Å². The predicted molar refractivity (Wildman–Crippen MR) is 61.7 cm³/mol. The van der Waals surface area contributed by atoms with E-state index in [2.05, 4.69) is 12.2 Å². The molecule has 0 saturated heterocycles. The Labute approximate surface area is 91.3 Å². The van der Waals surface area contributed by atoms with Crippen molar-refractivity contribution in [2.75, 3.05) is 13.1 Å². The van der Waals surface area contributed by atoms with Crippen LogP contribution in [0.5, 0.6) is 0 Å². The minimum absolute atomic E-state index is 0.371. The second-order valence-electron chi connectivity index (χ2n) is 4.53. The van der Waals surface area contributed by atoms with Crippen molar-refractivity contribution < 1.29 is 5.11 Å². The minimum Gasteiger partial charge on any atom is -0.387 e. The topological polar surface area (TPSA) is 32.3 Å². The lowest BCUT2D eigenvalue weighted by Crippen LogP contribution is -2.23.